The summed E-state index contributed by atoms with van der Waals surface area (Å²) < 4.78 is 0. The number of nitrogens with zero attached hydrogens (tertiary/aromatic N) is 4. The Labute approximate surface area is 212 Å². The van der Waals surface area contributed by atoms with Crippen molar-refractivity contribution in [1.29, 1.82) is 10.5 Å². The molecule has 0 aromatic heterocycles. The van der Waals surface area contributed by atoms with Gasteiger partial charge in [-0.05, 0) is 60.5 Å². The molecular formula is C28H28Cl2N4. The Hall–Kier alpha value is -3.02. The van der Waals surface area contributed by atoms with Gasteiger partial charge in [-0.15, -0.1) is 0 Å². The van der Waals surface area contributed by atoms with Crippen LogP contribution in [-0.2, 0) is 0 Å². The van der Waals surface area contributed by atoms with Crippen molar-refractivity contribution in [2.45, 2.75) is 32.9 Å². The van der Waals surface area contributed by atoms with Crippen molar-refractivity contribution in [3.8, 4) is 12.1 Å². The van der Waals surface area contributed by atoms with E-state index in [2.05, 4.69) is 41.0 Å². The number of hydrogen-bond acceptors (Lipinski definition) is 4. The number of benzene rings is 3. The summed E-state index contributed by atoms with van der Waals surface area (Å²) in [6.45, 7) is 8.66. The summed E-state index contributed by atoms with van der Waals surface area (Å²) in [7, 11) is 0. The van der Waals surface area contributed by atoms with Gasteiger partial charge in [0.2, 0.25) is 0 Å². The first kappa shape index (κ1) is 25.6. The van der Waals surface area contributed by atoms with E-state index in [-0.39, 0.29) is 12.1 Å². The monoisotopic (exact) mass is 490 g/mol. The molecule has 0 radical (unpaired) electrons. The predicted octanol–water partition coefficient (Wildman–Crippen LogP) is 7.39. The summed E-state index contributed by atoms with van der Waals surface area (Å²) in [6, 6.07) is 25.8. The normalized spacial score (nSPS) is 16.6. The summed E-state index contributed by atoms with van der Waals surface area (Å²) >= 11 is 12.7. The molecule has 0 bridgehead atoms. The SMILES string of the molecule is CC.CC(c1ccc(C#N)cc1)N1CCN(c2ccc(C#N)cc2Cl)[C@H](c2ccc(Cl)cc2)C1. The molecule has 1 fully saturated rings. The zero-order chi connectivity index (χ0) is 24.7. The third kappa shape index (κ3) is 5.72. The molecule has 1 aliphatic rings. The first-order valence-corrected chi connectivity index (χ1v) is 12.2. The molecule has 34 heavy (non-hydrogen) atoms. The Kier molecular flexibility index (Phi) is 8.97. The molecule has 0 N–H and O–H groups in total. The molecule has 2 atom stereocenters. The molecule has 1 aliphatic heterocycles. The van der Waals surface area contributed by atoms with Crippen LogP contribution in [-0.4, -0.2) is 24.5 Å². The van der Waals surface area contributed by atoms with E-state index in [1.807, 2.05) is 62.4 Å². The maximum Gasteiger partial charge on any atom is 0.0992 e. The van der Waals surface area contributed by atoms with Gasteiger partial charge in [0.25, 0.3) is 0 Å². The summed E-state index contributed by atoms with van der Waals surface area (Å²) in [6.07, 6.45) is 0. The van der Waals surface area contributed by atoms with E-state index in [9.17, 15) is 5.26 Å². The van der Waals surface area contributed by atoms with Crippen LogP contribution in [0.15, 0.2) is 66.7 Å². The van der Waals surface area contributed by atoms with Crippen LogP contribution in [0.4, 0.5) is 5.69 Å². The molecule has 3 aromatic rings. The van der Waals surface area contributed by atoms with Gasteiger partial charge in [0.15, 0.2) is 0 Å². The minimum Gasteiger partial charge on any atom is -0.361 e. The molecular weight excluding hydrogens is 463 g/mol. The molecule has 0 spiro atoms. The highest BCUT2D eigenvalue weighted by atomic mass is 35.5. The van der Waals surface area contributed by atoms with E-state index >= 15 is 0 Å². The average Bonchev–Trinajstić information content (AvgIpc) is 2.89. The fourth-order valence-electron chi connectivity index (χ4n) is 4.27. The van der Waals surface area contributed by atoms with Crippen molar-refractivity contribution in [2.75, 3.05) is 24.5 Å². The lowest BCUT2D eigenvalue weighted by atomic mass is 9.98. The van der Waals surface area contributed by atoms with E-state index < -0.39 is 0 Å². The average molecular weight is 491 g/mol. The summed E-state index contributed by atoms with van der Waals surface area (Å²) in [5, 5.41) is 19.6. The third-order valence-corrected chi connectivity index (χ3v) is 6.68. The standard InChI is InChI=1S/C26H22Cl2N4.C2H6/c1-18(21-5-2-19(15-29)3-6-21)31-12-13-32(25-11-4-20(16-30)14-24(25)28)26(17-31)22-7-9-23(27)10-8-22;1-2/h2-11,14,18,26H,12-13,17H2,1H3;1-2H3/t18?,26-;/m0./s1. The van der Waals surface area contributed by atoms with Crippen LogP contribution in [0.3, 0.4) is 0 Å². The van der Waals surface area contributed by atoms with Crippen LogP contribution in [0.2, 0.25) is 10.0 Å². The predicted molar refractivity (Wildman–Crippen MR) is 140 cm³/mol. The minimum absolute atomic E-state index is 0.0762. The van der Waals surface area contributed by atoms with Gasteiger partial charge in [-0.2, -0.15) is 10.5 Å². The Balaban J connectivity index is 0.00000158. The number of piperazine rings is 1. The third-order valence-electron chi connectivity index (χ3n) is 6.12. The number of anilines is 1. The maximum atomic E-state index is 9.20. The first-order chi connectivity index (χ1) is 16.5. The molecule has 1 heterocycles. The largest absolute Gasteiger partial charge is 0.361 e. The lowest BCUT2D eigenvalue weighted by molar-refractivity contribution is 0.171. The molecule has 4 rings (SSSR count). The van der Waals surface area contributed by atoms with E-state index in [4.69, 9.17) is 28.5 Å². The van der Waals surface area contributed by atoms with Crippen molar-refractivity contribution in [3.63, 3.8) is 0 Å². The smallest absolute Gasteiger partial charge is 0.0992 e. The molecule has 6 heteroatoms. The van der Waals surface area contributed by atoms with Gasteiger partial charge in [0.1, 0.15) is 0 Å². The lowest BCUT2D eigenvalue weighted by Crippen LogP contribution is -2.49. The van der Waals surface area contributed by atoms with Crippen molar-refractivity contribution < 1.29 is 0 Å². The van der Waals surface area contributed by atoms with E-state index in [0.29, 0.717) is 21.2 Å². The number of hydrogen-bond donors (Lipinski definition) is 0. The van der Waals surface area contributed by atoms with Gasteiger partial charge in [0, 0.05) is 30.7 Å². The van der Waals surface area contributed by atoms with Crippen LogP contribution >= 0.6 is 23.2 Å². The van der Waals surface area contributed by atoms with Gasteiger partial charge in [-0.3, -0.25) is 4.90 Å². The topological polar surface area (TPSA) is 54.1 Å². The molecule has 0 saturated carbocycles. The van der Waals surface area contributed by atoms with Crippen LogP contribution < -0.4 is 4.90 Å². The molecule has 3 aromatic carbocycles. The van der Waals surface area contributed by atoms with Crippen molar-refractivity contribution in [2.24, 2.45) is 0 Å². The number of halogens is 2. The van der Waals surface area contributed by atoms with Crippen molar-refractivity contribution >= 4 is 28.9 Å². The molecule has 1 saturated heterocycles. The second-order valence-corrected chi connectivity index (χ2v) is 8.79. The zero-order valence-corrected chi connectivity index (χ0v) is 21.2. The fourth-order valence-corrected chi connectivity index (χ4v) is 4.69. The molecule has 4 nitrogen and oxygen atoms in total. The van der Waals surface area contributed by atoms with E-state index in [0.717, 1.165) is 30.9 Å². The number of nitriles is 2. The van der Waals surface area contributed by atoms with Crippen LogP contribution in [0, 0.1) is 22.7 Å². The Bertz CT molecular complexity index is 1180. The molecule has 1 unspecified atom stereocenters. The summed E-state index contributed by atoms with van der Waals surface area (Å²) in [5.41, 5.74) is 4.49. The van der Waals surface area contributed by atoms with Gasteiger partial charge in [0.05, 0.1) is 40.0 Å². The van der Waals surface area contributed by atoms with Crippen molar-refractivity contribution in [3.05, 3.63) is 99.0 Å². The lowest BCUT2D eigenvalue weighted by Gasteiger charge is -2.45. The summed E-state index contributed by atoms with van der Waals surface area (Å²) in [4.78, 5) is 4.77. The second kappa shape index (κ2) is 11.9. The maximum absolute atomic E-state index is 9.20. The zero-order valence-electron chi connectivity index (χ0n) is 19.7. The van der Waals surface area contributed by atoms with Gasteiger partial charge in [-0.1, -0.05) is 61.3 Å². The fraction of sp³-hybridized carbons (Fsp3) is 0.286. The Morgan fingerprint density at radius 1 is 0.853 bits per heavy atom. The number of rotatable bonds is 4. The van der Waals surface area contributed by atoms with Crippen LogP contribution in [0.5, 0.6) is 0 Å². The first-order valence-electron chi connectivity index (χ1n) is 11.5. The van der Waals surface area contributed by atoms with Crippen molar-refractivity contribution in [1.82, 2.24) is 4.90 Å². The molecule has 174 valence electrons. The highest BCUT2D eigenvalue weighted by Crippen LogP contribution is 2.38. The van der Waals surface area contributed by atoms with Gasteiger partial charge in [-0.25, -0.2) is 0 Å². The minimum atomic E-state index is 0.0762. The van der Waals surface area contributed by atoms with E-state index in [1.54, 1.807) is 6.07 Å². The quantitative estimate of drug-likeness (QED) is 0.382. The van der Waals surface area contributed by atoms with Gasteiger partial charge < -0.3 is 4.90 Å². The highest BCUT2D eigenvalue weighted by molar-refractivity contribution is 6.33. The van der Waals surface area contributed by atoms with Crippen LogP contribution in [0.1, 0.15) is 55.1 Å². The highest BCUT2D eigenvalue weighted by Gasteiger charge is 2.32. The van der Waals surface area contributed by atoms with Crippen LogP contribution in [0.25, 0.3) is 0 Å². The summed E-state index contributed by atoms with van der Waals surface area (Å²) in [5.74, 6) is 0. The molecule has 0 amide bonds. The Morgan fingerprint density at radius 2 is 1.47 bits per heavy atom. The second-order valence-electron chi connectivity index (χ2n) is 7.94. The van der Waals surface area contributed by atoms with Gasteiger partial charge >= 0.3 is 0 Å². The Morgan fingerprint density at radius 3 is 2.06 bits per heavy atom. The molecule has 0 aliphatic carbocycles. The van der Waals surface area contributed by atoms with E-state index in [1.165, 1.54) is 5.56 Å².